The molecule has 3 aromatic heterocycles. The lowest BCUT2D eigenvalue weighted by molar-refractivity contribution is 0.102. The topological polar surface area (TPSA) is 146 Å². The smallest absolute Gasteiger partial charge is 0.262 e. The van der Waals surface area contributed by atoms with Crippen LogP contribution in [0.1, 0.15) is 37.4 Å². The summed E-state index contributed by atoms with van der Waals surface area (Å²) in [6.07, 6.45) is 9.28. The van der Waals surface area contributed by atoms with E-state index in [1.54, 1.807) is 36.8 Å². The number of aromatic nitrogens is 4. The summed E-state index contributed by atoms with van der Waals surface area (Å²) in [5.41, 5.74) is 6.03. The number of anilines is 2. The zero-order valence-corrected chi connectivity index (χ0v) is 32.7. The Morgan fingerprint density at radius 2 is 1.54 bits per heavy atom. The maximum atomic E-state index is 13.8. The summed E-state index contributed by atoms with van der Waals surface area (Å²) in [4.78, 5) is 47.1. The third kappa shape index (κ3) is 8.46. The van der Waals surface area contributed by atoms with Crippen LogP contribution in [0.5, 0.6) is 11.5 Å². The molecule has 296 valence electrons. The number of nitrogens with one attached hydrogen (secondary N) is 2. The van der Waals surface area contributed by atoms with Gasteiger partial charge in [-0.1, -0.05) is 42.5 Å². The standard InChI is InChI=1S/C46H41N7O6/c1-51-40-16-13-32(21-33(40)25-48-51)27-52(26-31-7-6-8-35(22-31)53-20-18-47-29-53)19-17-30-11-14-34(15-12-30)49-45(55)37-23-42(57-2)43(58-3)24-39(37)50-46(56)38-28-59-41-10-5-4-9-36(41)44(38)54/h4-16,18,20-25,28-29H,17,19,26-27H2,1-3H3,(H,49,55)(H,50,56). The number of benzene rings is 5. The minimum absolute atomic E-state index is 0.0995. The van der Waals surface area contributed by atoms with Crippen molar-refractivity contribution in [1.29, 1.82) is 0 Å². The molecule has 13 heteroatoms. The largest absolute Gasteiger partial charge is 0.493 e. The van der Waals surface area contributed by atoms with E-state index < -0.39 is 17.2 Å². The molecule has 59 heavy (non-hydrogen) atoms. The van der Waals surface area contributed by atoms with Crippen LogP contribution in [0.3, 0.4) is 0 Å². The highest BCUT2D eigenvalue weighted by Gasteiger charge is 2.22. The number of ether oxygens (including phenoxy) is 2. The number of hydrogen-bond donors (Lipinski definition) is 2. The maximum Gasteiger partial charge on any atom is 0.262 e. The van der Waals surface area contributed by atoms with Gasteiger partial charge in [-0.25, -0.2) is 4.98 Å². The van der Waals surface area contributed by atoms with Gasteiger partial charge in [0, 0.05) is 61.9 Å². The average molecular weight is 788 g/mol. The molecule has 0 unspecified atom stereocenters. The second-order valence-electron chi connectivity index (χ2n) is 14.1. The van der Waals surface area contributed by atoms with Crippen LogP contribution in [0.2, 0.25) is 0 Å². The van der Waals surface area contributed by atoms with Crippen molar-refractivity contribution in [3.05, 3.63) is 172 Å². The molecule has 0 aliphatic rings. The molecule has 0 spiro atoms. The number of aryl methyl sites for hydroxylation is 1. The lowest BCUT2D eigenvalue weighted by Gasteiger charge is -2.23. The summed E-state index contributed by atoms with van der Waals surface area (Å²) in [5.74, 6) is -0.677. The highest BCUT2D eigenvalue weighted by atomic mass is 16.5. The minimum Gasteiger partial charge on any atom is -0.493 e. The summed E-state index contributed by atoms with van der Waals surface area (Å²) in [6.45, 7) is 2.25. The van der Waals surface area contributed by atoms with Gasteiger partial charge in [0.15, 0.2) is 11.5 Å². The van der Waals surface area contributed by atoms with Crippen molar-refractivity contribution < 1.29 is 23.5 Å². The van der Waals surface area contributed by atoms with Gasteiger partial charge in [0.25, 0.3) is 11.8 Å². The van der Waals surface area contributed by atoms with Crippen molar-refractivity contribution >= 4 is 45.1 Å². The van der Waals surface area contributed by atoms with Crippen LogP contribution in [0.15, 0.2) is 144 Å². The normalized spacial score (nSPS) is 11.3. The lowest BCUT2D eigenvalue weighted by Crippen LogP contribution is -2.25. The number of carbonyl (C=O) groups is 2. The molecular weight excluding hydrogens is 747 g/mol. The van der Waals surface area contributed by atoms with E-state index in [0.29, 0.717) is 11.3 Å². The molecule has 0 aliphatic carbocycles. The van der Waals surface area contributed by atoms with Crippen molar-refractivity contribution in [3.63, 3.8) is 0 Å². The van der Waals surface area contributed by atoms with Gasteiger partial charge < -0.3 is 29.1 Å². The van der Waals surface area contributed by atoms with Gasteiger partial charge in [0.2, 0.25) is 5.43 Å². The fraction of sp³-hybridized carbons (Fsp3) is 0.152. The molecule has 0 atom stereocenters. The van der Waals surface area contributed by atoms with Crippen molar-refractivity contribution in [2.24, 2.45) is 7.05 Å². The number of imidazole rings is 1. The van der Waals surface area contributed by atoms with E-state index in [4.69, 9.17) is 13.9 Å². The van der Waals surface area contributed by atoms with E-state index in [2.05, 4.69) is 68.1 Å². The van der Waals surface area contributed by atoms with E-state index in [1.165, 1.54) is 37.5 Å². The molecular formula is C46H41N7O6. The van der Waals surface area contributed by atoms with Crippen LogP contribution in [0.25, 0.3) is 27.6 Å². The Balaban J connectivity index is 0.984. The maximum absolute atomic E-state index is 13.8. The Labute approximate surface area is 339 Å². The molecule has 5 aromatic carbocycles. The molecule has 8 rings (SSSR count). The van der Waals surface area contributed by atoms with Gasteiger partial charge in [-0.15, -0.1) is 0 Å². The van der Waals surface area contributed by atoms with Gasteiger partial charge in [-0.05, 0) is 77.7 Å². The van der Waals surface area contributed by atoms with E-state index >= 15 is 0 Å². The Hall–Kier alpha value is -7.51. The van der Waals surface area contributed by atoms with E-state index in [0.717, 1.165) is 54.5 Å². The SMILES string of the molecule is COc1cc(NC(=O)c2coc3ccccc3c2=O)c(C(=O)Nc2ccc(CCN(Cc3cccc(-n4ccnc4)c3)Cc3ccc4c(cnn4C)c3)cc2)cc1OC. The van der Waals surface area contributed by atoms with E-state index in [-0.39, 0.29) is 33.7 Å². The first kappa shape index (κ1) is 38.4. The number of carbonyl (C=O) groups excluding carboxylic acids is 2. The second-order valence-corrected chi connectivity index (χ2v) is 14.1. The number of amides is 2. The highest BCUT2D eigenvalue weighted by molar-refractivity contribution is 6.13. The van der Waals surface area contributed by atoms with Gasteiger partial charge in [-0.2, -0.15) is 5.10 Å². The molecule has 0 bridgehead atoms. The predicted molar refractivity (Wildman–Crippen MR) is 226 cm³/mol. The van der Waals surface area contributed by atoms with Gasteiger partial charge in [-0.3, -0.25) is 24.0 Å². The fourth-order valence-electron chi connectivity index (χ4n) is 7.10. The van der Waals surface area contributed by atoms with Crippen LogP contribution in [0.4, 0.5) is 11.4 Å². The number of nitrogens with zero attached hydrogens (tertiary/aromatic N) is 5. The van der Waals surface area contributed by atoms with Crippen LogP contribution in [-0.4, -0.2) is 56.8 Å². The summed E-state index contributed by atoms with van der Waals surface area (Å²) >= 11 is 0. The predicted octanol–water partition coefficient (Wildman–Crippen LogP) is 7.63. The Kier molecular flexibility index (Phi) is 11.0. The van der Waals surface area contributed by atoms with Crippen molar-refractivity contribution in [2.45, 2.75) is 19.5 Å². The average Bonchev–Trinajstić information content (AvgIpc) is 3.94. The van der Waals surface area contributed by atoms with Crippen molar-refractivity contribution in [1.82, 2.24) is 24.2 Å². The zero-order chi connectivity index (χ0) is 40.9. The molecule has 0 radical (unpaired) electrons. The first-order valence-electron chi connectivity index (χ1n) is 18.9. The molecule has 8 aromatic rings. The molecule has 2 amide bonds. The Bertz CT molecular complexity index is 2850. The fourth-order valence-corrected chi connectivity index (χ4v) is 7.10. The first-order valence-corrected chi connectivity index (χ1v) is 18.9. The molecule has 0 saturated carbocycles. The molecule has 0 fully saturated rings. The molecule has 3 heterocycles. The van der Waals surface area contributed by atoms with Crippen LogP contribution < -0.4 is 25.5 Å². The summed E-state index contributed by atoms with van der Waals surface area (Å²) in [7, 11) is 4.85. The summed E-state index contributed by atoms with van der Waals surface area (Å²) in [5, 5.41) is 11.4. The zero-order valence-electron chi connectivity index (χ0n) is 32.7. The minimum atomic E-state index is -0.743. The number of fused-ring (bicyclic) bond motifs is 2. The number of hydrogen-bond acceptors (Lipinski definition) is 9. The second kappa shape index (κ2) is 16.9. The number of para-hydroxylation sites is 1. The summed E-state index contributed by atoms with van der Waals surface area (Å²) < 4.78 is 20.4. The van der Waals surface area contributed by atoms with Crippen molar-refractivity contribution in [2.75, 3.05) is 31.4 Å². The van der Waals surface area contributed by atoms with Crippen LogP contribution >= 0.6 is 0 Å². The van der Waals surface area contributed by atoms with Gasteiger partial charge in [0.05, 0.1) is 48.9 Å². The third-order valence-corrected chi connectivity index (χ3v) is 10.2. The summed E-state index contributed by atoms with van der Waals surface area (Å²) in [6, 6.07) is 32.2. The van der Waals surface area contributed by atoms with Gasteiger partial charge in [0.1, 0.15) is 17.4 Å². The molecule has 0 aliphatic heterocycles. The van der Waals surface area contributed by atoms with Crippen molar-refractivity contribution in [3.8, 4) is 17.2 Å². The Morgan fingerprint density at radius 3 is 2.32 bits per heavy atom. The van der Waals surface area contributed by atoms with Gasteiger partial charge >= 0.3 is 0 Å². The Morgan fingerprint density at radius 1 is 0.797 bits per heavy atom. The molecule has 0 saturated heterocycles. The van der Waals surface area contributed by atoms with Crippen LogP contribution in [-0.2, 0) is 26.6 Å². The lowest BCUT2D eigenvalue weighted by atomic mass is 10.1. The van der Waals surface area contributed by atoms with Crippen LogP contribution in [0, 0.1) is 0 Å². The monoisotopic (exact) mass is 787 g/mol. The third-order valence-electron chi connectivity index (χ3n) is 10.2. The van der Waals surface area contributed by atoms with E-state index in [1.807, 2.05) is 53.0 Å². The first-order chi connectivity index (χ1) is 28.8. The number of methoxy groups -OCH3 is 2. The molecule has 13 nitrogen and oxygen atoms in total. The quantitative estimate of drug-likeness (QED) is 0.114. The highest BCUT2D eigenvalue weighted by Crippen LogP contribution is 2.34. The van der Waals surface area contributed by atoms with E-state index in [9.17, 15) is 14.4 Å². The number of rotatable bonds is 14. The molecule has 2 N–H and O–H groups in total.